The van der Waals surface area contributed by atoms with E-state index in [1.807, 2.05) is 67.0 Å². The van der Waals surface area contributed by atoms with Crippen molar-refractivity contribution in [3.63, 3.8) is 0 Å². The maximum absolute atomic E-state index is 4.80. The van der Waals surface area contributed by atoms with Gasteiger partial charge in [0.1, 0.15) is 0 Å². The number of hydrogen-bond donors (Lipinski definition) is 0. The first-order valence-corrected chi connectivity index (χ1v) is 12.4. The molecular weight excluding hydrogens is 639 g/mol. The van der Waals surface area contributed by atoms with Crippen LogP contribution in [0.2, 0.25) is 0 Å². The molecule has 4 heterocycles. The molecule has 1 aliphatic carbocycles. The molecule has 0 bridgehead atoms. The molecule has 0 unspecified atom stereocenters. The summed E-state index contributed by atoms with van der Waals surface area (Å²) in [5.41, 5.74) is 9.27. The van der Waals surface area contributed by atoms with Gasteiger partial charge in [0.05, 0.1) is 11.4 Å². The van der Waals surface area contributed by atoms with E-state index in [0.29, 0.717) is 0 Å². The van der Waals surface area contributed by atoms with E-state index in [9.17, 15) is 0 Å². The molecule has 0 amide bonds. The molecule has 0 spiro atoms. The van der Waals surface area contributed by atoms with Gasteiger partial charge in [-0.15, -0.1) is 0 Å². The Kier molecular flexibility index (Phi) is 8.50. The number of fused-ring (bicyclic) bond motifs is 1. The van der Waals surface area contributed by atoms with Gasteiger partial charge >= 0.3 is 21.1 Å². The molecule has 0 saturated heterocycles. The van der Waals surface area contributed by atoms with Gasteiger partial charge in [-0.05, 0) is 78.1 Å². The van der Waals surface area contributed by atoms with Crippen molar-refractivity contribution in [2.45, 2.75) is 51.9 Å². The van der Waals surface area contributed by atoms with Crippen molar-refractivity contribution in [2.24, 2.45) is 0 Å². The number of rotatable bonds is 3. The first-order chi connectivity index (χ1) is 17.5. The van der Waals surface area contributed by atoms with Crippen LogP contribution < -0.4 is 10.2 Å². The summed E-state index contributed by atoms with van der Waals surface area (Å²) in [6.07, 6.45) is 8.13. The number of pyridine rings is 2. The average molecular weight is 670 g/mol. The topological polar surface area (TPSA) is 79.8 Å². The molecule has 1 aromatic carbocycles. The fourth-order valence-corrected chi connectivity index (χ4v) is 4.36. The van der Waals surface area contributed by atoms with Crippen LogP contribution in [0.5, 0.6) is 0 Å². The van der Waals surface area contributed by atoms with Crippen molar-refractivity contribution in [1.29, 1.82) is 0 Å². The van der Waals surface area contributed by atoms with E-state index in [-0.39, 0.29) is 26.5 Å². The first kappa shape index (κ1) is 26.7. The van der Waals surface area contributed by atoms with Crippen molar-refractivity contribution < 1.29 is 21.1 Å². The van der Waals surface area contributed by atoms with Crippen LogP contribution in [0.15, 0.2) is 79.1 Å². The summed E-state index contributed by atoms with van der Waals surface area (Å²) in [5.74, 6) is 0. The number of aromatic nitrogens is 6. The van der Waals surface area contributed by atoms with E-state index in [2.05, 4.69) is 58.3 Å². The van der Waals surface area contributed by atoms with Crippen LogP contribution in [0, 0.1) is 0 Å². The molecule has 6 nitrogen and oxygen atoms in total. The minimum atomic E-state index is 0. The molecule has 0 radical (unpaired) electrons. The molecule has 190 valence electrons. The molecule has 7 heteroatoms. The Balaban J connectivity index is 0.000000248. The normalized spacial score (nSPS) is 12.6. The Bertz CT molecular complexity index is 1420. The van der Waals surface area contributed by atoms with Gasteiger partial charge in [-0.25, -0.2) is 0 Å². The second-order valence-electron chi connectivity index (χ2n) is 10.1. The van der Waals surface area contributed by atoms with Gasteiger partial charge in [0.15, 0.2) is 0 Å². The Morgan fingerprint density at radius 2 is 1.46 bits per heavy atom. The molecule has 6 rings (SSSR count). The molecule has 0 fully saturated rings. The van der Waals surface area contributed by atoms with Crippen LogP contribution in [-0.2, 0) is 39.3 Å². The number of nitrogens with zero attached hydrogens (tertiary/aromatic N) is 6. The third kappa shape index (κ3) is 6.31. The molecule has 0 N–H and O–H groups in total. The number of aryl methyl sites for hydroxylation is 1. The summed E-state index contributed by atoms with van der Waals surface area (Å²) >= 11 is 0. The minimum Gasteiger partial charge on any atom is -0.573 e. The Morgan fingerprint density at radius 1 is 0.730 bits per heavy atom. The average Bonchev–Trinajstić information content (AvgIpc) is 3.58. The Labute approximate surface area is 232 Å². The van der Waals surface area contributed by atoms with E-state index in [1.54, 1.807) is 0 Å². The Morgan fingerprint density at radius 3 is 2.19 bits per heavy atom. The van der Waals surface area contributed by atoms with E-state index in [1.165, 1.54) is 24.0 Å². The van der Waals surface area contributed by atoms with E-state index >= 15 is 0 Å². The van der Waals surface area contributed by atoms with Crippen molar-refractivity contribution in [2.75, 3.05) is 0 Å². The molecule has 0 aliphatic heterocycles. The monoisotopic (exact) mass is 669 g/mol. The van der Waals surface area contributed by atoms with Crippen LogP contribution in [0.1, 0.15) is 50.4 Å². The van der Waals surface area contributed by atoms with Gasteiger partial charge in [0.25, 0.3) is 0 Å². The van der Waals surface area contributed by atoms with Crippen LogP contribution >= 0.6 is 0 Å². The first-order valence-electron chi connectivity index (χ1n) is 12.4. The molecule has 0 saturated carbocycles. The zero-order valence-electron chi connectivity index (χ0n) is 21.3. The largest absolute Gasteiger partial charge is 2.00 e. The number of benzene rings is 1. The van der Waals surface area contributed by atoms with Crippen LogP contribution in [0.25, 0.3) is 34.0 Å². The SMILES string of the molecule is CC(C)(C)c1ccncc1.[Pt+2].c1ccc(-c2cc(-c3cccc(-c4[n-]nc5c4CCCC5)n3)[n-]n2)cc1. The minimum absolute atomic E-state index is 0. The van der Waals surface area contributed by atoms with Gasteiger partial charge in [-0.3, -0.25) is 9.97 Å². The second kappa shape index (κ2) is 11.8. The zero-order chi connectivity index (χ0) is 25.0. The van der Waals surface area contributed by atoms with E-state index in [0.717, 1.165) is 52.6 Å². The maximum Gasteiger partial charge on any atom is 2.00 e. The quantitative estimate of drug-likeness (QED) is 0.233. The van der Waals surface area contributed by atoms with Gasteiger partial charge in [-0.2, -0.15) is 0 Å². The summed E-state index contributed by atoms with van der Waals surface area (Å²) in [6, 6.07) is 22.1. The fourth-order valence-electron chi connectivity index (χ4n) is 4.36. The summed E-state index contributed by atoms with van der Waals surface area (Å²) in [6.45, 7) is 6.59. The molecule has 5 aromatic rings. The predicted octanol–water partition coefficient (Wildman–Crippen LogP) is 6.04. The molecule has 4 aromatic heterocycles. The molecular formula is C30H30N6Pt. The van der Waals surface area contributed by atoms with Crippen LogP contribution in [0.4, 0.5) is 0 Å². The summed E-state index contributed by atoms with van der Waals surface area (Å²) < 4.78 is 0. The maximum atomic E-state index is 4.80. The van der Waals surface area contributed by atoms with Crippen molar-refractivity contribution in [1.82, 2.24) is 30.4 Å². The number of hydrogen-bond acceptors (Lipinski definition) is 4. The van der Waals surface area contributed by atoms with Crippen molar-refractivity contribution in [3.05, 3.63) is 95.9 Å². The van der Waals surface area contributed by atoms with Gasteiger partial charge < -0.3 is 20.4 Å². The van der Waals surface area contributed by atoms with Crippen LogP contribution in [0.3, 0.4) is 0 Å². The third-order valence-electron chi connectivity index (χ3n) is 6.40. The van der Waals surface area contributed by atoms with E-state index < -0.39 is 0 Å². The van der Waals surface area contributed by atoms with Crippen molar-refractivity contribution in [3.8, 4) is 34.0 Å². The summed E-state index contributed by atoms with van der Waals surface area (Å²) in [5, 5.41) is 17.4. The Hall–Kier alpha value is -3.37. The standard InChI is InChI=1S/C21H17N5.C9H13N.Pt/c1-2-7-14(8-3-1)19-13-20(25-24-19)17-11-6-12-18(22-17)21-15-9-4-5-10-16(15)23-26-21;1-9(2,3)8-4-6-10-7-5-8;/h1-3,6-8,11-13H,4-5,9-10H2;4-7H,1-3H3;/q-2;;+2. The van der Waals surface area contributed by atoms with Crippen LogP contribution in [-0.4, -0.2) is 20.2 Å². The van der Waals surface area contributed by atoms with Gasteiger partial charge in [0, 0.05) is 23.8 Å². The van der Waals surface area contributed by atoms with E-state index in [4.69, 9.17) is 4.98 Å². The smallest absolute Gasteiger partial charge is 0.573 e. The molecule has 1 aliphatic rings. The second-order valence-corrected chi connectivity index (χ2v) is 10.1. The summed E-state index contributed by atoms with van der Waals surface area (Å²) in [7, 11) is 0. The fraction of sp³-hybridized carbons (Fsp3) is 0.267. The molecule has 37 heavy (non-hydrogen) atoms. The predicted molar refractivity (Wildman–Crippen MR) is 142 cm³/mol. The zero-order valence-corrected chi connectivity index (χ0v) is 23.6. The molecule has 0 atom stereocenters. The summed E-state index contributed by atoms with van der Waals surface area (Å²) in [4.78, 5) is 8.75. The van der Waals surface area contributed by atoms with Crippen molar-refractivity contribution >= 4 is 0 Å². The van der Waals surface area contributed by atoms with Gasteiger partial charge in [-0.1, -0.05) is 68.6 Å². The van der Waals surface area contributed by atoms with Gasteiger partial charge in [0.2, 0.25) is 0 Å². The third-order valence-corrected chi connectivity index (χ3v) is 6.40.